The van der Waals surface area contributed by atoms with Crippen molar-refractivity contribution in [1.29, 1.82) is 0 Å². The highest BCUT2D eigenvalue weighted by atomic mass is 127. The lowest BCUT2D eigenvalue weighted by atomic mass is 10.1. The van der Waals surface area contributed by atoms with Gasteiger partial charge < -0.3 is 15.5 Å². The van der Waals surface area contributed by atoms with E-state index in [2.05, 4.69) is 15.6 Å². The molecule has 0 unspecified atom stereocenters. The fourth-order valence-corrected chi connectivity index (χ4v) is 2.77. The zero-order chi connectivity index (χ0) is 19.0. The Labute approximate surface area is 174 Å². The Morgan fingerprint density at radius 2 is 1.93 bits per heavy atom. The lowest BCUT2D eigenvalue weighted by Crippen LogP contribution is -2.39. The SMILES string of the molecule is CCNC(=NCc1cccc(C(F)(F)F)c1)NCCC(=O)N1CCCC1.I. The van der Waals surface area contributed by atoms with Crippen molar-refractivity contribution in [1.82, 2.24) is 15.5 Å². The maximum Gasteiger partial charge on any atom is 0.416 e. The van der Waals surface area contributed by atoms with E-state index < -0.39 is 11.7 Å². The van der Waals surface area contributed by atoms with Gasteiger partial charge in [0.15, 0.2) is 5.96 Å². The van der Waals surface area contributed by atoms with E-state index in [0.717, 1.165) is 38.1 Å². The highest BCUT2D eigenvalue weighted by Gasteiger charge is 2.30. The number of amides is 1. The molecule has 1 aromatic carbocycles. The van der Waals surface area contributed by atoms with Crippen molar-refractivity contribution in [3.8, 4) is 0 Å². The Morgan fingerprint density at radius 1 is 1.22 bits per heavy atom. The van der Waals surface area contributed by atoms with Crippen LogP contribution in [0.3, 0.4) is 0 Å². The van der Waals surface area contributed by atoms with Crippen molar-refractivity contribution in [2.75, 3.05) is 26.2 Å². The first-order valence-corrected chi connectivity index (χ1v) is 8.86. The van der Waals surface area contributed by atoms with Gasteiger partial charge >= 0.3 is 6.18 Å². The van der Waals surface area contributed by atoms with Gasteiger partial charge in [0.05, 0.1) is 12.1 Å². The minimum Gasteiger partial charge on any atom is -0.357 e. The number of aliphatic imine (C=N–C) groups is 1. The number of guanidine groups is 1. The summed E-state index contributed by atoms with van der Waals surface area (Å²) in [6.45, 7) is 4.72. The zero-order valence-electron chi connectivity index (χ0n) is 15.3. The van der Waals surface area contributed by atoms with Crippen LogP contribution in [0, 0.1) is 0 Å². The number of nitrogens with one attached hydrogen (secondary N) is 2. The number of carbonyl (C=O) groups is 1. The van der Waals surface area contributed by atoms with Crippen LogP contribution in [0.15, 0.2) is 29.3 Å². The van der Waals surface area contributed by atoms with E-state index in [-0.39, 0.29) is 36.4 Å². The minimum atomic E-state index is -4.36. The van der Waals surface area contributed by atoms with E-state index >= 15 is 0 Å². The van der Waals surface area contributed by atoms with Gasteiger partial charge in [0, 0.05) is 32.6 Å². The van der Waals surface area contributed by atoms with Crippen molar-refractivity contribution in [2.45, 2.75) is 38.9 Å². The lowest BCUT2D eigenvalue weighted by molar-refractivity contribution is -0.137. The molecule has 1 aliphatic heterocycles. The third-order valence-corrected chi connectivity index (χ3v) is 4.11. The second kappa shape index (κ2) is 11.4. The Balaban J connectivity index is 0.00000364. The van der Waals surface area contributed by atoms with Gasteiger partial charge in [-0.3, -0.25) is 4.79 Å². The highest BCUT2D eigenvalue weighted by Crippen LogP contribution is 2.29. The van der Waals surface area contributed by atoms with E-state index in [0.29, 0.717) is 31.0 Å². The molecule has 5 nitrogen and oxygen atoms in total. The molecular weight excluding hydrogens is 472 g/mol. The van der Waals surface area contributed by atoms with Crippen LogP contribution in [0.5, 0.6) is 0 Å². The van der Waals surface area contributed by atoms with Crippen LogP contribution >= 0.6 is 24.0 Å². The summed E-state index contributed by atoms with van der Waals surface area (Å²) in [5.41, 5.74) is -0.204. The summed E-state index contributed by atoms with van der Waals surface area (Å²) in [5, 5.41) is 6.09. The lowest BCUT2D eigenvalue weighted by Gasteiger charge is -2.16. The Bertz CT molecular complexity index is 631. The zero-order valence-corrected chi connectivity index (χ0v) is 17.6. The van der Waals surface area contributed by atoms with Crippen LogP contribution < -0.4 is 10.6 Å². The van der Waals surface area contributed by atoms with E-state index in [1.165, 1.54) is 6.07 Å². The number of carbonyl (C=O) groups excluding carboxylic acids is 1. The van der Waals surface area contributed by atoms with Crippen LogP contribution in [0.4, 0.5) is 13.2 Å². The monoisotopic (exact) mass is 498 g/mol. The number of rotatable bonds is 6. The van der Waals surface area contributed by atoms with Crippen LogP contribution in [0.2, 0.25) is 0 Å². The number of likely N-dealkylation sites (tertiary alicyclic amines) is 1. The summed E-state index contributed by atoms with van der Waals surface area (Å²) in [6, 6.07) is 5.13. The third kappa shape index (κ3) is 7.94. The Kier molecular flexibility index (Phi) is 9.89. The molecule has 152 valence electrons. The largest absolute Gasteiger partial charge is 0.416 e. The molecule has 1 aliphatic rings. The van der Waals surface area contributed by atoms with Crippen LogP contribution in [0.1, 0.15) is 37.3 Å². The smallest absolute Gasteiger partial charge is 0.357 e. The average molecular weight is 498 g/mol. The molecule has 1 fully saturated rings. The van der Waals surface area contributed by atoms with Gasteiger partial charge in [-0.15, -0.1) is 24.0 Å². The van der Waals surface area contributed by atoms with Crippen LogP contribution in [-0.4, -0.2) is 42.9 Å². The highest BCUT2D eigenvalue weighted by molar-refractivity contribution is 14.0. The third-order valence-electron chi connectivity index (χ3n) is 4.11. The molecule has 1 saturated heterocycles. The molecule has 0 aliphatic carbocycles. The van der Waals surface area contributed by atoms with E-state index in [4.69, 9.17) is 0 Å². The van der Waals surface area contributed by atoms with Gasteiger partial charge in [-0.2, -0.15) is 13.2 Å². The van der Waals surface area contributed by atoms with Gasteiger partial charge in [0.25, 0.3) is 0 Å². The molecule has 9 heteroatoms. The molecule has 1 heterocycles. The first kappa shape index (κ1) is 23.5. The Hall–Kier alpha value is -1.52. The molecule has 0 aromatic heterocycles. The van der Waals surface area contributed by atoms with Crippen molar-refractivity contribution in [3.63, 3.8) is 0 Å². The van der Waals surface area contributed by atoms with Gasteiger partial charge in [-0.1, -0.05) is 12.1 Å². The maximum absolute atomic E-state index is 12.8. The number of benzene rings is 1. The number of hydrogen-bond donors (Lipinski definition) is 2. The Morgan fingerprint density at radius 3 is 2.56 bits per heavy atom. The fraction of sp³-hybridized carbons (Fsp3) is 0.556. The predicted molar refractivity (Wildman–Crippen MR) is 110 cm³/mol. The maximum atomic E-state index is 12.8. The molecule has 1 amide bonds. The molecule has 0 saturated carbocycles. The first-order chi connectivity index (χ1) is 12.4. The van der Waals surface area contributed by atoms with Gasteiger partial charge in [0.1, 0.15) is 0 Å². The molecule has 1 aromatic rings. The average Bonchev–Trinajstić information content (AvgIpc) is 3.14. The van der Waals surface area contributed by atoms with Crippen molar-refractivity contribution in [3.05, 3.63) is 35.4 Å². The molecule has 0 radical (unpaired) electrons. The normalized spacial score (nSPS) is 14.7. The van der Waals surface area contributed by atoms with Crippen molar-refractivity contribution < 1.29 is 18.0 Å². The summed E-state index contributed by atoms with van der Waals surface area (Å²) in [4.78, 5) is 18.2. The quantitative estimate of drug-likeness (QED) is 0.359. The molecule has 2 rings (SSSR count). The van der Waals surface area contributed by atoms with Crippen LogP contribution in [-0.2, 0) is 17.5 Å². The second-order valence-corrected chi connectivity index (χ2v) is 6.16. The van der Waals surface area contributed by atoms with Gasteiger partial charge in [0.2, 0.25) is 5.91 Å². The molecule has 0 spiro atoms. The van der Waals surface area contributed by atoms with E-state index in [9.17, 15) is 18.0 Å². The predicted octanol–water partition coefficient (Wildman–Crippen LogP) is 3.39. The summed E-state index contributed by atoms with van der Waals surface area (Å²) in [6.07, 6.45) is -1.88. The molecule has 0 bridgehead atoms. The van der Waals surface area contributed by atoms with Crippen LogP contribution in [0.25, 0.3) is 0 Å². The summed E-state index contributed by atoms with van der Waals surface area (Å²) in [5.74, 6) is 0.600. The van der Waals surface area contributed by atoms with E-state index in [1.54, 1.807) is 6.07 Å². The standard InChI is InChI=1S/C18H25F3N4O.HI/c1-2-22-17(23-9-8-16(26)25-10-3-4-11-25)24-13-14-6-5-7-15(12-14)18(19,20)21;/h5-7,12H,2-4,8-11,13H2,1H3,(H2,22,23,24);1H. The number of nitrogens with zero attached hydrogens (tertiary/aromatic N) is 2. The van der Waals surface area contributed by atoms with Crippen molar-refractivity contribution >= 4 is 35.8 Å². The summed E-state index contributed by atoms with van der Waals surface area (Å²) in [7, 11) is 0. The number of alkyl halides is 3. The van der Waals surface area contributed by atoms with E-state index in [1.807, 2.05) is 11.8 Å². The van der Waals surface area contributed by atoms with Gasteiger partial charge in [-0.05, 0) is 37.5 Å². The fourth-order valence-electron chi connectivity index (χ4n) is 2.77. The molecule has 0 atom stereocenters. The summed E-state index contributed by atoms with van der Waals surface area (Å²) >= 11 is 0. The second-order valence-electron chi connectivity index (χ2n) is 6.16. The first-order valence-electron chi connectivity index (χ1n) is 8.86. The molecule has 27 heavy (non-hydrogen) atoms. The topological polar surface area (TPSA) is 56.7 Å². The van der Waals surface area contributed by atoms with Gasteiger partial charge in [-0.25, -0.2) is 4.99 Å². The number of halogens is 4. The number of hydrogen-bond acceptors (Lipinski definition) is 2. The summed E-state index contributed by atoms with van der Waals surface area (Å²) < 4.78 is 38.3. The van der Waals surface area contributed by atoms with Crippen molar-refractivity contribution in [2.24, 2.45) is 4.99 Å². The minimum absolute atomic E-state index is 0. The molecule has 2 N–H and O–H groups in total. The molecular formula is C18H26F3IN4O.